The summed E-state index contributed by atoms with van der Waals surface area (Å²) in [4.78, 5) is 0.298. The fraction of sp³-hybridized carbons (Fsp3) is 0.429. The van der Waals surface area contributed by atoms with Gasteiger partial charge in [0.15, 0.2) is 0 Å². The first kappa shape index (κ1) is 14.0. The first-order valence-corrected chi connectivity index (χ1v) is 7.13. The summed E-state index contributed by atoms with van der Waals surface area (Å²) in [6.45, 7) is -1.23. The lowest BCUT2D eigenvalue weighted by atomic mass is 10.5. The number of alkyl halides is 2. The van der Waals surface area contributed by atoms with Crippen molar-refractivity contribution in [3.8, 4) is 0 Å². The van der Waals surface area contributed by atoms with Gasteiger partial charge >= 0.3 is 0 Å². The van der Waals surface area contributed by atoms with Crippen molar-refractivity contribution in [2.45, 2.75) is 17.9 Å². The van der Waals surface area contributed by atoms with Crippen LogP contribution in [0.4, 0.5) is 8.78 Å². The van der Waals surface area contributed by atoms with Gasteiger partial charge in [-0.05, 0) is 22.0 Å². The van der Waals surface area contributed by atoms with Gasteiger partial charge in [-0.25, -0.2) is 21.9 Å². The second kappa shape index (κ2) is 5.50. The highest BCUT2D eigenvalue weighted by Crippen LogP contribution is 2.31. The fourth-order valence-corrected chi connectivity index (χ4v) is 4.46. The summed E-state index contributed by atoms with van der Waals surface area (Å²) in [6.07, 6.45) is -2.75. The second-order valence-corrected chi connectivity index (χ2v) is 6.94. The monoisotopic (exact) mass is 335 g/mol. The lowest BCUT2D eigenvalue weighted by Crippen LogP contribution is -2.28. The topological polar surface area (TPSA) is 66.4 Å². The van der Waals surface area contributed by atoms with Gasteiger partial charge in [-0.2, -0.15) is 0 Å². The van der Waals surface area contributed by atoms with Crippen molar-refractivity contribution >= 4 is 37.3 Å². The number of hydrogen-bond acceptors (Lipinski definition) is 4. The molecule has 0 aliphatic rings. The number of aliphatic hydroxyl groups is 1. The van der Waals surface area contributed by atoms with E-state index in [-0.39, 0.29) is 15.3 Å². The summed E-state index contributed by atoms with van der Waals surface area (Å²) in [5, 5.41) is 8.81. The molecule has 0 amide bonds. The van der Waals surface area contributed by atoms with Crippen molar-refractivity contribution in [2.75, 3.05) is 6.54 Å². The van der Waals surface area contributed by atoms with E-state index in [4.69, 9.17) is 5.11 Å². The molecule has 0 unspecified atom stereocenters. The third-order valence-electron chi connectivity index (χ3n) is 1.58. The van der Waals surface area contributed by atoms with Crippen LogP contribution in [0.3, 0.4) is 0 Å². The molecule has 1 aromatic heterocycles. The van der Waals surface area contributed by atoms with Gasteiger partial charge < -0.3 is 5.11 Å². The molecule has 4 nitrogen and oxygen atoms in total. The fourth-order valence-electron chi connectivity index (χ4n) is 0.909. The molecule has 0 aliphatic carbocycles. The maximum absolute atomic E-state index is 11.9. The maximum Gasteiger partial charge on any atom is 0.251 e. The zero-order valence-electron chi connectivity index (χ0n) is 7.78. The molecule has 16 heavy (non-hydrogen) atoms. The summed E-state index contributed by atoms with van der Waals surface area (Å²) in [5.41, 5.74) is 0. The van der Waals surface area contributed by atoms with Crippen LogP contribution >= 0.6 is 27.3 Å². The van der Waals surface area contributed by atoms with E-state index >= 15 is 0 Å². The molecule has 0 fully saturated rings. The minimum atomic E-state index is -3.95. The quantitative estimate of drug-likeness (QED) is 0.857. The highest BCUT2D eigenvalue weighted by atomic mass is 79.9. The van der Waals surface area contributed by atoms with E-state index in [2.05, 4.69) is 15.9 Å². The van der Waals surface area contributed by atoms with Crippen molar-refractivity contribution in [2.24, 2.45) is 0 Å². The summed E-state index contributed by atoms with van der Waals surface area (Å²) >= 11 is 4.04. The van der Waals surface area contributed by atoms with E-state index in [0.717, 1.165) is 11.3 Å². The van der Waals surface area contributed by atoms with Gasteiger partial charge in [0.1, 0.15) is 4.90 Å². The Morgan fingerprint density at radius 1 is 1.56 bits per heavy atom. The first-order chi connectivity index (χ1) is 7.36. The van der Waals surface area contributed by atoms with Gasteiger partial charge in [0.05, 0.1) is 16.9 Å². The summed E-state index contributed by atoms with van der Waals surface area (Å²) in [6, 6.07) is 1.24. The van der Waals surface area contributed by atoms with E-state index in [1.807, 2.05) is 0 Å². The smallest absolute Gasteiger partial charge is 0.251 e. The molecule has 2 N–H and O–H groups in total. The largest absolute Gasteiger partial charge is 0.391 e. The standard InChI is InChI=1S/C7H8BrF2NO3S2/c8-7-5(1-4(3-12)15-7)16(13,14)11-2-6(9)10/h1,6,11-12H,2-3H2. The normalized spacial score (nSPS) is 12.3. The highest BCUT2D eigenvalue weighted by Gasteiger charge is 2.21. The Balaban J connectivity index is 2.93. The molecule has 0 saturated carbocycles. The number of nitrogens with one attached hydrogen (secondary N) is 1. The van der Waals surface area contributed by atoms with Crippen molar-refractivity contribution in [1.29, 1.82) is 0 Å². The Morgan fingerprint density at radius 3 is 2.62 bits per heavy atom. The molecule has 9 heteroatoms. The molecule has 1 aromatic rings. The van der Waals surface area contributed by atoms with Gasteiger partial charge in [-0.3, -0.25) is 0 Å². The zero-order chi connectivity index (χ0) is 12.3. The molecule has 1 heterocycles. The van der Waals surface area contributed by atoms with Crippen molar-refractivity contribution in [3.63, 3.8) is 0 Å². The SMILES string of the molecule is O=S(=O)(NCC(F)F)c1cc(CO)sc1Br. The predicted molar refractivity (Wildman–Crippen MR) is 59.1 cm³/mol. The predicted octanol–water partition coefficient (Wildman–Crippen LogP) is 1.55. The van der Waals surface area contributed by atoms with Crippen LogP contribution in [0.5, 0.6) is 0 Å². The van der Waals surface area contributed by atoms with E-state index < -0.39 is 23.0 Å². The Labute approximate surface area is 103 Å². The molecule has 0 radical (unpaired) electrons. The third kappa shape index (κ3) is 3.45. The lowest BCUT2D eigenvalue weighted by Gasteiger charge is -2.04. The molecule has 0 aliphatic heterocycles. The first-order valence-electron chi connectivity index (χ1n) is 4.03. The van der Waals surface area contributed by atoms with Crippen LogP contribution in [0, 0.1) is 0 Å². The van der Waals surface area contributed by atoms with Crippen LogP contribution in [-0.2, 0) is 16.6 Å². The van der Waals surface area contributed by atoms with Crippen LogP contribution in [0.1, 0.15) is 4.88 Å². The molecule has 0 atom stereocenters. The van der Waals surface area contributed by atoms with Crippen LogP contribution < -0.4 is 4.72 Å². The average molecular weight is 336 g/mol. The molecule has 0 saturated heterocycles. The lowest BCUT2D eigenvalue weighted by molar-refractivity contribution is 0.153. The molecular weight excluding hydrogens is 328 g/mol. The van der Waals surface area contributed by atoms with Crippen LogP contribution in [0.25, 0.3) is 0 Å². The summed E-state index contributed by atoms with van der Waals surface area (Å²) in [7, 11) is -3.95. The Kier molecular flexibility index (Phi) is 4.80. The zero-order valence-corrected chi connectivity index (χ0v) is 11.0. The molecule has 92 valence electrons. The molecular formula is C7H8BrF2NO3S2. The third-order valence-corrected chi connectivity index (χ3v) is 5.24. The molecule has 0 bridgehead atoms. The number of halogens is 3. The van der Waals surface area contributed by atoms with Crippen LogP contribution in [0.2, 0.25) is 0 Å². The number of sulfonamides is 1. The number of thiophene rings is 1. The minimum absolute atomic E-state index is 0.137. The number of hydrogen-bond donors (Lipinski definition) is 2. The Morgan fingerprint density at radius 2 is 2.19 bits per heavy atom. The number of rotatable bonds is 5. The van der Waals surface area contributed by atoms with Crippen molar-refractivity contribution in [3.05, 3.63) is 14.7 Å². The second-order valence-electron chi connectivity index (χ2n) is 2.75. The van der Waals surface area contributed by atoms with Gasteiger partial charge in [0.2, 0.25) is 10.0 Å². The average Bonchev–Trinajstić information content (AvgIpc) is 2.57. The Bertz CT molecular complexity index is 460. The van der Waals surface area contributed by atoms with E-state index in [0.29, 0.717) is 4.88 Å². The molecule has 0 spiro atoms. The van der Waals surface area contributed by atoms with Crippen molar-refractivity contribution in [1.82, 2.24) is 4.72 Å². The van der Waals surface area contributed by atoms with E-state index in [9.17, 15) is 17.2 Å². The van der Waals surface area contributed by atoms with Crippen LogP contribution in [0.15, 0.2) is 14.7 Å². The van der Waals surface area contributed by atoms with E-state index in [1.54, 1.807) is 4.72 Å². The van der Waals surface area contributed by atoms with Gasteiger partial charge in [0, 0.05) is 4.88 Å². The van der Waals surface area contributed by atoms with Crippen molar-refractivity contribution < 1.29 is 22.3 Å². The van der Waals surface area contributed by atoms with E-state index in [1.165, 1.54) is 6.07 Å². The summed E-state index contributed by atoms with van der Waals surface area (Å²) in [5.74, 6) is 0. The highest BCUT2D eigenvalue weighted by molar-refractivity contribution is 9.11. The van der Waals surface area contributed by atoms with Gasteiger partial charge in [0.25, 0.3) is 6.43 Å². The number of aliphatic hydroxyl groups excluding tert-OH is 1. The molecule has 0 aromatic carbocycles. The molecule has 1 rings (SSSR count). The van der Waals surface area contributed by atoms with Gasteiger partial charge in [-0.1, -0.05) is 0 Å². The van der Waals surface area contributed by atoms with Crippen LogP contribution in [-0.4, -0.2) is 26.5 Å². The maximum atomic E-state index is 11.9. The Hall–Kier alpha value is -0.0900. The van der Waals surface area contributed by atoms with Gasteiger partial charge in [-0.15, -0.1) is 11.3 Å². The minimum Gasteiger partial charge on any atom is -0.391 e. The summed E-state index contributed by atoms with van der Waals surface area (Å²) < 4.78 is 48.9.